The quantitative estimate of drug-likeness (QED) is 0.887. The first-order chi connectivity index (χ1) is 8.26. The predicted octanol–water partition coefficient (Wildman–Crippen LogP) is 4.07. The topological polar surface area (TPSA) is 12.0 Å². The fourth-order valence-corrected chi connectivity index (χ4v) is 2.60. The van der Waals surface area contributed by atoms with Crippen LogP contribution < -0.4 is 5.32 Å². The molecule has 0 saturated heterocycles. The van der Waals surface area contributed by atoms with Gasteiger partial charge in [-0.05, 0) is 19.5 Å². The Bertz CT molecular complexity index is 413. The van der Waals surface area contributed by atoms with Gasteiger partial charge in [-0.3, -0.25) is 0 Å². The third-order valence-corrected chi connectivity index (χ3v) is 4.08. The maximum Gasteiger partial charge on any atom is 0.163 e. The van der Waals surface area contributed by atoms with Crippen LogP contribution in [-0.4, -0.2) is 17.5 Å². The molecule has 0 aliphatic rings. The van der Waals surface area contributed by atoms with Crippen LogP contribution in [0.5, 0.6) is 0 Å². The van der Waals surface area contributed by atoms with Crippen molar-refractivity contribution in [2.45, 2.75) is 38.5 Å². The summed E-state index contributed by atoms with van der Waals surface area (Å²) >= 11 is 1.73. The number of thioether (sulfide) groups is 1. The van der Waals surface area contributed by atoms with Crippen LogP contribution in [0, 0.1) is 18.6 Å². The zero-order valence-electron chi connectivity index (χ0n) is 11.6. The molecule has 0 heterocycles. The second-order valence-corrected chi connectivity index (χ2v) is 7.21. The van der Waals surface area contributed by atoms with Gasteiger partial charge in [0.2, 0.25) is 0 Å². The summed E-state index contributed by atoms with van der Waals surface area (Å²) in [4.78, 5) is 0. The molecule has 18 heavy (non-hydrogen) atoms. The van der Waals surface area contributed by atoms with Gasteiger partial charge in [0.25, 0.3) is 0 Å². The molecule has 1 rings (SSSR count). The first-order valence-corrected chi connectivity index (χ1v) is 7.00. The molecule has 0 amide bonds. The third-order valence-electron chi connectivity index (χ3n) is 2.71. The average molecular weight is 273 g/mol. The molecule has 1 nitrogen and oxygen atoms in total. The summed E-state index contributed by atoms with van der Waals surface area (Å²) in [5.74, 6) is -0.767. The van der Waals surface area contributed by atoms with Crippen molar-refractivity contribution in [2.24, 2.45) is 0 Å². The van der Waals surface area contributed by atoms with E-state index >= 15 is 0 Å². The highest BCUT2D eigenvalue weighted by molar-refractivity contribution is 8.00. The lowest BCUT2D eigenvalue weighted by Gasteiger charge is -2.23. The molecule has 0 bridgehead atoms. The van der Waals surface area contributed by atoms with E-state index in [1.165, 1.54) is 0 Å². The Labute approximate surface area is 112 Å². The van der Waals surface area contributed by atoms with Gasteiger partial charge in [0.1, 0.15) is 0 Å². The van der Waals surface area contributed by atoms with Gasteiger partial charge < -0.3 is 5.32 Å². The minimum atomic E-state index is -0.742. The number of hydrogen-bond acceptors (Lipinski definition) is 2. The van der Waals surface area contributed by atoms with E-state index in [1.54, 1.807) is 37.9 Å². The molecule has 1 aromatic rings. The molecule has 1 unspecified atom stereocenters. The molecule has 0 aliphatic heterocycles. The fraction of sp³-hybridized carbons (Fsp3) is 0.571. The Balaban J connectivity index is 2.92. The molecule has 1 atom stereocenters. The molecule has 102 valence electrons. The van der Waals surface area contributed by atoms with E-state index in [0.29, 0.717) is 16.9 Å². The van der Waals surface area contributed by atoms with Crippen molar-refractivity contribution >= 4 is 11.8 Å². The molecule has 0 aliphatic carbocycles. The number of benzene rings is 1. The highest BCUT2D eigenvalue weighted by Gasteiger charge is 2.21. The van der Waals surface area contributed by atoms with Crippen LogP contribution in [0.2, 0.25) is 0 Å². The second kappa shape index (κ2) is 6.02. The van der Waals surface area contributed by atoms with Gasteiger partial charge in [-0.2, -0.15) is 11.8 Å². The van der Waals surface area contributed by atoms with Crippen LogP contribution in [-0.2, 0) is 0 Å². The van der Waals surface area contributed by atoms with Gasteiger partial charge in [-0.15, -0.1) is 0 Å². The average Bonchev–Trinajstić information content (AvgIpc) is 2.28. The fourth-order valence-electron chi connectivity index (χ4n) is 1.59. The van der Waals surface area contributed by atoms with E-state index in [0.717, 1.165) is 0 Å². The van der Waals surface area contributed by atoms with Gasteiger partial charge in [0.05, 0.1) is 0 Å². The minimum absolute atomic E-state index is 0.106. The smallest absolute Gasteiger partial charge is 0.163 e. The molecular weight excluding hydrogens is 252 g/mol. The standard InChI is InChI=1S/C14H21F2NS/c1-9-6-7-10(13(16)12(9)15)11(17-5)8-18-14(2,3)4/h6-7,11,17H,8H2,1-5H3. The first-order valence-electron chi connectivity index (χ1n) is 6.02. The zero-order valence-corrected chi connectivity index (χ0v) is 12.4. The summed E-state index contributed by atoms with van der Waals surface area (Å²) in [6.07, 6.45) is 0. The summed E-state index contributed by atoms with van der Waals surface area (Å²) in [5, 5.41) is 3.05. The van der Waals surface area contributed by atoms with Gasteiger partial charge in [0.15, 0.2) is 11.6 Å². The third kappa shape index (κ3) is 3.95. The summed E-state index contributed by atoms with van der Waals surface area (Å²) in [6, 6.07) is 3.11. The van der Waals surface area contributed by atoms with Crippen molar-refractivity contribution < 1.29 is 8.78 Å². The molecule has 0 radical (unpaired) electrons. The lowest BCUT2D eigenvalue weighted by Crippen LogP contribution is -2.23. The largest absolute Gasteiger partial charge is 0.312 e. The van der Waals surface area contributed by atoms with Crippen molar-refractivity contribution in [1.82, 2.24) is 5.32 Å². The van der Waals surface area contributed by atoms with Crippen LogP contribution in [0.3, 0.4) is 0 Å². The van der Waals surface area contributed by atoms with Crippen molar-refractivity contribution in [1.29, 1.82) is 0 Å². The van der Waals surface area contributed by atoms with Crippen molar-refractivity contribution in [3.05, 3.63) is 34.9 Å². The Kier molecular flexibility index (Phi) is 5.17. The Hall–Kier alpha value is -0.610. The SMILES string of the molecule is CNC(CSC(C)(C)C)c1ccc(C)c(F)c1F. The Morgan fingerprint density at radius 2 is 1.83 bits per heavy atom. The van der Waals surface area contributed by atoms with Crippen LogP contribution >= 0.6 is 11.8 Å². The molecule has 0 aromatic heterocycles. The van der Waals surface area contributed by atoms with E-state index < -0.39 is 11.6 Å². The molecule has 0 fully saturated rings. The normalized spacial score (nSPS) is 13.7. The maximum absolute atomic E-state index is 13.9. The van der Waals surface area contributed by atoms with Crippen molar-refractivity contribution in [2.75, 3.05) is 12.8 Å². The molecule has 1 aromatic carbocycles. The second-order valence-electron chi connectivity index (χ2n) is 5.36. The van der Waals surface area contributed by atoms with E-state index in [-0.39, 0.29) is 10.8 Å². The summed E-state index contributed by atoms with van der Waals surface area (Å²) < 4.78 is 27.6. The molecule has 4 heteroatoms. The van der Waals surface area contributed by atoms with E-state index in [1.807, 2.05) is 0 Å². The van der Waals surface area contributed by atoms with Crippen LogP contribution in [0.1, 0.15) is 37.9 Å². The van der Waals surface area contributed by atoms with Gasteiger partial charge >= 0.3 is 0 Å². The van der Waals surface area contributed by atoms with Gasteiger partial charge in [-0.25, -0.2) is 8.78 Å². The van der Waals surface area contributed by atoms with E-state index in [4.69, 9.17) is 0 Å². The summed E-state index contributed by atoms with van der Waals surface area (Å²) in [6.45, 7) is 7.89. The van der Waals surface area contributed by atoms with E-state index in [9.17, 15) is 8.78 Å². The molecular formula is C14H21F2NS. The van der Waals surface area contributed by atoms with Crippen molar-refractivity contribution in [3.63, 3.8) is 0 Å². The predicted molar refractivity (Wildman–Crippen MR) is 75.1 cm³/mol. The number of hydrogen-bond donors (Lipinski definition) is 1. The van der Waals surface area contributed by atoms with Gasteiger partial charge in [0, 0.05) is 22.1 Å². The first kappa shape index (κ1) is 15.4. The van der Waals surface area contributed by atoms with Crippen LogP contribution in [0.4, 0.5) is 8.78 Å². The lowest BCUT2D eigenvalue weighted by atomic mass is 10.1. The Morgan fingerprint density at radius 1 is 1.22 bits per heavy atom. The Morgan fingerprint density at radius 3 is 2.33 bits per heavy atom. The number of aryl methyl sites for hydroxylation is 1. The highest BCUT2D eigenvalue weighted by atomic mass is 32.2. The van der Waals surface area contributed by atoms with Crippen LogP contribution in [0.15, 0.2) is 12.1 Å². The monoisotopic (exact) mass is 273 g/mol. The number of halogens is 2. The van der Waals surface area contributed by atoms with E-state index in [2.05, 4.69) is 26.1 Å². The molecule has 1 N–H and O–H groups in total. The van der Waals surface area contributed by atoms with Crippen LogP contribution in [0.25, 0.3) is 0 Å². The minimum Gasteiger partial charge on any atom is -0.312 e. The highest BCUT2D eigenvalue weighted by Crippen LogP contribution is 2.30. The zero-order chi connectivity index (χ0) is 13.9. The number of nitrogens with one attached hydrogen (secondary N) is 1. The van der Waals surface area contributed by atoms with Gasteiger partial charge in [-0.1, -0.05) is 32.9 Å². The lowest BCUT2D eigenvalue weighted by molar-refractivity contribution is 0.479. The molecule has 0 spiro atoms. The number of rotatable bonds is 4. The summed E-state index contributed by atoms with van der Waals surface area (Å²) in [7, 11) is 1.77. The van der Waals surface area contributed by atoms with Crippen molar-refractivity contribution in [3.8, 4) is 0 Å². The summed E-state index contributed by atoms with van der Waals surface area (Å²) in [5.41, 5.74) is 0.743. The maximum atomic E-state index is 13.9. The molecule has 0 saturated carbocycles.